The zero-order chi connectivity index (χ0) is 21.5. The number of carbonyl (C=O) groups is 1. The maximum Gasteiger partial charge on any atom is 0.275 e. The van der Waals surface area contributed by atoms with Crippen molar-refractivity contribution in [3.8, 4) is 0 Å². The number of benzene rings is 1. The third-order valence-electron chi connectivity index (χ3n) is 5.59. The molecule has 0 bridgehead atoms. The van der Waals surface area contributed by atoms with Crippen LogP contribution >= 0.6 is 0 Å². The number of morpholine rings is 1. The average molecular weight is 426 g/mol. The van der Waals surface area contributed by atoms with Gasteiger partial charge in [-0.3, -0.25) is 14.6 Å². The zero-order valence-corrected chi connectivity index (χ0v) is 18.1. The summed E-state index contributed by atoms with van der Waals surface area (Å²) in [6, 6.07) is 8.23. The Morgan fingerprint density at radius 3 is 2.65 bits per heavy atom. The highest BCUT2D eigenvalue weighted by atomic mass is 16.7. The molecule has 0 spiro atoms. The highest BCUT2D eigenvalue weighted by Crippen LogP contribution is 2.24. The largest absolute Gasteiger partial charge is 0.378 e. The summed E-state index contributed by atoms with van der Waals surface area (Å²) in [5.74, 6) is 0.839. The number of carbonyl (C=O) groups excluding carboxylic acids is 1. The van der Waals surface area contributed by atoms with Crippen LogP contribution in [0.2, 0.25) is 0 Å². The lowest BCUT2D eigenvalue weighted by molar-refractivity contribution is -0.173. The molecular formula is C23H31N5O3. The third kappa shape index (κ3) is 5.71. The lowest BCUT2D eigenvalue weighted by Crippen LogP contribution is -2.41. The Hall–Kier alpha value is -2.71. The maximum absolute atomic E-state index is 12.4. The summed E-state index contributed by atoms with van der Waals surface area (Å²) in [6.07, 6.45) is 8.19. The van der Waals surface area contributed by atoms with Gasteiger partial charge in [-0.2, -0.15) is 10.1 Å². The van der Waals surface area contributed by atoms with Crippen molar-refractivity contribution in [3.05, 3.63) is 36.4 Å². The molecule has 0 unspecified atom stereocenters. The van der Waals surface area contributed by atoms with Crippen molar-refractivity contribution >= 4 is 29.1 Å². The smallest absolute Gasteiger partial charge is 0.275 e. The fourth-order valence-corrected chi connectivity index (χ4v) is 3.97. The second-order valence-corrected chi connectivity index (χ2v) is 7.85. The van der Waals surface area contributed by atoms with Crippen molar-refractivity contribution in [1.82, 2.24) is 5.06 Å². The molecule has 1 amide bonds. The van der Waals surface area contributed by atoms with Gasteiger partial charge < -0.3 is 15.0 Å². The Balaban J connectivity index is 1.47. The van der Waals surface area contributed by atoms with Crippen molar-refractivity contribution in [1.29, 1.82) is 0 Å². The minimum Gasteiger partial charge on any atom is -0.378 e. The van der Waals surface area contributed by atoms with Crippen LogP contribution in [-0.4, -0.2) is 61.7 Å². The normalized spacial score (nSPS) is 21.9. The van der Waals surface area contributed by atoms with Crippen molar-refractivity contribution in [2.75, 3.05) is 43.1 Å². The molecular weight excluding hydrogens is 394 g/mol. The molecule has 1 aromatic rings. The molecule has 2 aliphatic heterocycles. The number of nitrogens with one attached hydrogen (secondary N) is 1. The number of anilines is 2. The first-order chi connectivity index (χ1) is 15.2. The monoisotopic (exact) mass is 425 g/mol. The predicted molar refractivity (Wildman–Crippen MR) is 122 cm³/mol. The molecule has 3 aliphatic rings. The molecule has 0 aromatic heterocycles. The first kappa shape index (κ1) is 21.5. The summed E-state index contributed by atoms with van der Waals surface area (Å²) in [6.45, 7) is 5.87. The minimum absolute atomic E-state index is 0.0768. The fourth-order valence-electron chi connectivity index (χ4n) is 3.97. The maximum atomic E-state index is 12.4. The molecule has 1 saturated heterocycles. The van der Waals surface area contributed by atoms with Crippen LogP contribution in [-0.2, 0) is 14.4 Å². The van der Waals surface area contributed by atoms with Gasteiger partial charge in [-0.15, -0.1) is 0 Å². The van der Waals surface area contributed by atoms with E-state index in [2.05, 4.69) is 32.3 Å². The van der Waals surface area contributed by atoms with Crippen LogP contribution in [0, 0.1) is 0 Å². The van der Waals surface area contributed by atoms with E-state index in [4.69, 9.17) is 9.57 Å². The molecule has 31 heavy (non-hydrogen) atoms. The van der Waals surface area contributed by atoms with E-state index in [1.54, 1.807) is 6.08 Å². The lowest BCUT2D eigenvalue weighted by atomic mass is 10.2. The number of hydroxylamine groups is 2. The molecule has 0 atom stereocenters. The Labute approximate surface area is 183 Å². The minimum atomic E-state index is -0.192. The lowest BCUT2D eigenvalue weighted by Gasteiger charge is -2.29. The highest BCUT2D eigenvalue weighted by molar-refractivity contribution is 6.10. The molecule has 4 rings (SSSR count). The van der Waals surface area contributed by atoms with E-state index in [1.807, 2.05) is 25.1 Å². The van der Waals surface area contributed by atoms with E-state index in [1.165, 1.54) is 10.8 Å². The number of rotatable bonds is 5. The van der Waals surface area contributed by atoms with Gasteiger partial charge >= 0.3 is 0 Å². The molecule has 1 N–H and O–H groups in total. The van der Waals surface area contributed by atoms with Gasteiger partial charge in [0.15, 0.2) is 0 Å². The third-order valence-corrected chi connectivity index (χ3v) is 5.59. The van der Waals surface area contributed by atoms with Gasteiger partial charge in [-0.1, -0.05) is 18.9 Å². The van der Waals surface area contributed by atoms with Crippen molar-refractivity contribution in [2.45, 2.75) is 45.1 Å². The van der Waals surface area contributed by atoms with E-state index in [9.17, 15) is 4.79 Å². The van der Waals surface area contributed by atoms with E-state index in [0.29, 0.717) is 24.8 Å². The summed E-state index contributed by atoms with van der Waals surface area (Å²) >= 11 is 0. The summed E-state index contributed by atoms with van der Waals surface area (Å²) in [5.41, 5.74) is 2.07. The standard InChI is InChI=1S/C23H31N5O3/c1-2-24-23(25-18-10-12-19(13-11-18)27-14-16-30-17-15-27)26-21-8-5-9-22(29)28(21)31-20-6-3-4-7-20/h5,9-13,20H,2-4,6-8,14-17H2,1H3,(H,24,25)/b26-21+. The number of amidine groups is 1. The van der Waals surface area contributed by atoms with Crippen molar-refractivity contribution in [2.24, 2.45) is 9.98 Å². The SMILES string of the molecule is CCN=C(/N=C1\CC=CC(=O)N1OC1CCCC1)Nc1ccc(N2CCOCC2)cc1. The average Bonchev–Trinajstić information content (AvgIpc) is 3.31. The number of guanidine groups is 1. The Morgan fingerprint density at radius 1 is 1.19 bits per heavy atom. The van der Waals surface area contributed by atoms with E-state index >= 15 is 0 Å². The number of ether oxygens (including phenoxy) is 1. The summed E-state index contributed by atoms with van der Waals surface area (Å²) < 4.78 is 5.43. The highest BCUT2D eigenvalue weighted by Gasteiger charge is 2.27. The van der Waals surface area contributed by atoms with Crippen LogP contribution < -0.4 is 10.2 Å². The van der Waals surface area contributed by atoms with E-state index < -0.39 is 0 Å². The molecule has 2 fully saturated rings. The summed E-state index contributed by atoms with van der Waals surface area (Å²) in [7, 11) is 0. The van der Waals surface area contributed by atoms with Gasteiger partial charge in [0.25, 0.3) is 5.91 Å². The fraction of sp³-hybridized carbons (Fsp3) is 0.522. The van der Waals surface area contributed by atoms with Gasteiger partial charge in [0.2, 0.25) is 5.96 Å². The van der Waals surface area contributed by atoms with Gasteiger partial charge in [0.05, 0.1) is 19.3 Å². The van der Waals surface area contributed by atoms with Crippen molar-refractivity contribution < 1.29 is 14.4 Å². The molecule has 1 saturated carbocycles. The Bertz CT molecular complexity index is 837. The molecule has 8 nitrogen and oxygen atoms in total. The second kappa shape index (κ2) is 10.5. The van der Waals surface area contributed by atoms with Crippen LogP contribution in [0.25, 0.3) is 0 Å². The summed E-state index contributed by atoms with van der Waals surface area (Å²) in [4.78, 5) is 29.9. The Morgan fingerprint density at radius 2 is 1.94 bits per heavy atom. The van der Waals surface area contributed by atoms with Gasteiger partial charge in [-0.05, 0) is 44.0 Å². The topological polar surface area (TPSA) is 78.8 Å². The number of aliphatic imine (C=N–C) groups is 2. The van der Waals surface area contributed by atoms with Crippen LogP contribution in [0.1, 0.15) is 39.0 Å². The van der Waals surface area contributed by atoms with E-state index in [0.717, 1.165) is 57.7 Å². The quantitative estimate of drug-likeness (QED) is 0.578. The molecule has 1 aromatic carbocycles. The Kier molecular flexibility index (Phi) is 7.32. The van der Waals surface area contributed by atoms with Gasteiger partial charge in [0.1, 0.15) is 5.84 Å². The van der Waals surface area contributed by atoms with Crippen molar-refractivity contribution in [3.63, 3.8) is 0 Å². The van der Waals surface area contributed by atoms with Gasteiger partial charge in [0, 0.05) is 43.5 Å². The first-order valence-electron chi connectivity index (χ1n) is 11.2. The number of nitrogens with zero attached hydrogens (tertiary/aromatic N) is 4. The molecule has 1 aliphatic carbocycles. The molecule has 2 heterocycles. The van der Waals surface area contributed by atoms with Crippen LogP contribution in [0.15, 0.2) is 46.4 Å². The molecule has 8 heteroatoms. The number of hydrogen-bond donors (Lipinski definition) is 1. The van der Waals surface area contributed by atoms with Crippen LogP contribution in [0.3, 0.4) is 0 Å². The summed E-state index contributed by atoms with van der Waals surface area (Å²) in [5, 5.41) is 4.64. The zero-order valence-electron chi connectivity index (χ0n) is 18.1. The first-order valence-corrected chi connectivity index (χ1v) is 11.2. The predicted octanol–water partition coefficient (Wildman–Crippen LogP) is 3.37. The van der Waals surface area contributed by atoms with Gasteiger partial charge in [-0.25, -0.2) is 0 Å². The van der Waals surface area contributed by atoms with Crippen LogP contribution in [0.5, 0.6) is 0 Å². The molecule has 0 radical (unpaired) electrons. The van der Waals surface area contributed by atoms with Crippen LogP contribution in [0.4, 0.5) is 11.4 Å². The second-order valence-electron chi connectivity index (χ2n) is 7.85. The molecule has 166 valence electrons. The number of hydrogen-bond acceptors (Lipinski definition) is 5. The van der Waals surface area contributed by atoms with E-state index in [-0.39, 0.29) is 12.0 Å². The number of amides is 1.